The minimum absolute atomic E-state index is 0.0878. The van der Waals surface area contributed by atoms with Gasteiger partial charge >= 0.3 is 6.09 Å². The third-order valence-corrected chi connectivity index (χ3v) is 7.76. The Bertz CT molecular complexity index is 1500. The number of benzene rings is 3. The van der Waals surface area contributed by atoms with Crippen molar-refractivity contribution in [3.63, 3.8) is 0 Å². The van der Waals surface area contributed by atoms with Gasteiger partial charge in [0.15, 0.2) is 0 Å². The second-order valence-electron chi connectivity index (χ2n) is 12.8. The molecule has 0 bridgehead atoms. The number of ether oxygens (including phenoxy) is 1. The Hall–Kier alpha value is -4.77. The van der Waals surface area contributed by atoms with Crippen molar-refractivity contribution in [3.8, 4) is 18.1 Å². The first-order valence-corrected chi connectivity index (χ1v) is 16.4. The molecule has 0 aliphatic heterocycles. The van der Waals surface area contributed by atoms with Crippen molar-refractivity contribution in [2.24, 2.45) is 0 Å². The molecule has 0 saturated carbocycles. The molecule has 250 valence electrons. The van der Waals surface area contributed by atoms with E-state index in [9.17, 15) is 19.5 Å². The Morgan fingerprint density at radius 1 is 0.915 bits per heavy atom. The zero-order chi connectivity index (χ0) is 34.4. The van der Waals surface area contributed by atoms with Crippen LogP contribution in [0, 0.1) is 19.3 Å². The van der Waals surface area contributed by atoms with E-state index in [1.165, 1.54) is 12.1 Å². The summed E-state index contributed by atoms with van der Waals surface area (Å²) in [4.78, 5) is 43.7. The number of carbonyl (C=O) groups excluding carboxylic acids is 3. The first kappa shape index (κ1) is 36.7. The summed E-state index contributed by atoms with van der Waals surface area (Å²) in [5.41, 5.74) is 2.70. The number of alkyl carbamates (subject to hydrolysis) is 1. The summed E-state index contributed by atoms with van der Waals surface area (Å²) in [5, 5.41) is 15.7. The molecule has 0 fully saturated rings. The fourth-order valence-corrected chi connectivity index (χ4v) is 5.30. The smallest absolute Gasteiger partial charge is 0.408 e. The van der Waals surface area contributed by atoms with E-state index < -0.39 is 29.7 Å². The molecule has 0 heterocycles. The first-order valence-electron chi connectivity index (χ1n) is 16.4. The highest BCUT2D eigenvalue weighted by Gasteiger charge is 2.36. The lowest BCUT2D eigenvalue weighted by Gasteiger charge is -2.35. The van der Waals surface area contributed by atoms with Crippen molar-refractivity contribution < 1.29 is 24.2 Å². The van der Waals surface area contributed by atoms with E-state index in [4.69, 9.17) is 11.2 Å². The zero-order valence-corrected chi connectivity index (χ0v) is 28.3. The summed E-state index contributed by atoms with van der Waals surface area (Å²) >= 11 is 0. The van der Waals surface area contributed by atoms with Gasteiger partial charge in [-0.2, -0.15) is 0 Å². The molecule has 0 saturated heterocycles. The molecule has 0 radical (unpaired) electrons. The first-order chi connectivity index (χ1) is 22.4. The van der Waals surface area contributed by atoms with Gasteiger partial charge in [-0.15, -0.1) is 6.42 Å². The Kier molecular flexibility index (Phi) is 13.9. The normalized spacial score (nSPS) is 12.3. The number of unbranched alkanes of at least 4 members (excludes halogenated alkanes) is 5. The quantitative estimate of drug-likeness (QED) is 0.117. The summed E-state index contributed by atoms with van der Waals surface area (Å²) < 4.78 is 5.54. The van der Waals surface area contributed by atoms with Crippen molar-refractivity contribution in [1.82, 2.24) is 10.2 Å². The van der Waals surface area contributed by atoms with Gasteiger partial charge in [0.05, 0.1) is 0 Å². The van der Waals surface area contributed by atoms with Crippen LogP contribution < -0.4 is 10.6 Å². The number of rotatable bonds is 15. The molecule has 47 heavy (non-hydrogen) atoms. The van der Waals surface area contributed by atoms with Gasteiger partial charge in [-0.25, -0.2) is 4.79 Å². The highest BCUT2D eigenvalue weighted by Crippen LogP contribution is 2.27. The highest BCUT2D eigenvalue weighted by molar-refractivity contribution is 5.99. The van der Waals surface area contributed by atoms with E-state index in [0.29, 0.717) is 23.2 Å². The number of anilines is 1. The average Bonchev–Trinajstić information content (AvgIpc) is 3.03. The number of phenolic OH excluding ortho intramolecular Hbond substituents is 1. The number of nitrogens with one attached hydrogen (secondary N) is 2. The fraction of sp³-hybridized carbons (Fsp3) is 0.410. The summed E-state index contributed by atoms with van der Waals surface area (Å²) in [6.07, 6.45) is 10.9. The Labute approximate surface area is 279 Å². The third kappa shape index (κ3) is 11.8. The van der Waals surface area contributed by atoms with Crippen LogP contribution in [0.1, 0.15) is 94.5 Å². The Balaban J connectivity index is 2.07. The molecule has 3 aromatic carbocycles. The Morgan fingerprint density at radius 2 is 1.55 bits per heavy atom. The molecule has 0 spiro atoms. The van der Waals surface area contributed by atoms with E-state index in [-0.39, 0.29) is 24.6 Å². The van der Waals surface area contributed by atoms with Gasteiger partial charge in [0.1, 0.15) is 23.4 Å². The maximum Gasteiger partial charge on any atom is 0.408 e. The molecule has 8 heteroatoms. The number of nitrogens with zero attached hydrogens (tertiary/aromatic N) is 1. The fourth-order valence-electron chi connectivity index (χ4n) is 5.30. The van der Waals surface area contributed by atoms with Crippen LogP contribution in [-0.4, -0.2) is 46.1 Å². The predicted molar refractivity (Wildman–Crippen MR) is 187 cm³/mol. The van der Waals surface area contributed by atoms with Crippen LogP contribution in [0.15, 0.2) is 72.8 Å². The minimum Gasteiger partial charge on any atom is -0.508 e. The van der Waals surface area contributed by atoms with Crippen molar-refractivity contribution in [1.29, 1.82) is 0 Å². The van der Waals surface area contributed by atoms with E-state index >= 15 is 0 Å². The summed E-state index contributed by atoms with van der Waals surface area (Å²) in [5.74, 6) is 1.89. The van der Waals surface area contributed by atoms with Gasteiger partial charge in [-0.3, -0.25) is 9.59 Å². The van der Waals surface area contributed by atoms with Crippen molar-refractivity contribution in [2.45, 2.75) is 97.2 Å². The van der Waals surface area contributed by atoms with Crippen LogP contribution in [0.5, 0.6) is 5.75 Å². The Morgan fingerprint density at radius 3 is 2.17 bits per heavy atom. The van der Waals surface area contributed by atoms with E-state index in [2.05, 4.69) is 23.5 Å². The second kappa shape index (κ2) is 17.8. The van der Waals surface area contributed by atoms with Gasteiger partial charge in [0.2, 0.25) is 5.91 Å². The number of aromatic hydroxyl groups is 1. The lowest BCUT2D eigenvalue weighted by molar-refractivity contribution is -0.140. The van der Waals surface area contributed by atoms with Crippen molar-refractivity contribution in [2.75, 3.05) is 11.9 Å². The number of hydrogen-bond donors (Lipinski definition) is 3. The number of para-hydroxylation sites is 1. The molecule has 3 aromatic rings. The minimum atomic E-state index is -1.06. The number of phenols is 1. The topological polar surface area (TPSA) is 108 Å². The van der Waals surface area contributed by atoms with Crippen LogP contribution in [0.3, 0.4) is 0 Å². The predicted octanol–water partition coefficient (Wildman–Crippen LogP) is 7.69. The molecular formula is C39H49N3O5. The summed E-state index contributed by atoms with van der Waals surface area (Å²) in [6, 6.07) is 18.9. The largest absolute Gasteiger partial charge is 0.508 e. The van der Waals surface area contributed by atoms with Crippen LogP contribution in [0.4, 0.5) is 10.5 Å². The van der Waals surface area contributed by atoms with Gasteiger partial charge in [0.25, 0.3) is 5.91 Å². The number of terminal acetylenes is 1. The number of amides is 3. The van der Waals surface area contributed by atoms with Gasteiger partial charge in [-0.1, -0.05) is 87.4 Å². The molecule has 0 aromatic heterocycles. The average molecular weight is 640 g/mol. The lowest BCUT2D eigenvalue weighted by Crippen LogP contribution is -2.53. The van der Waals surface area contributed by atoms with Crippen molar-refractivity contribution in [3.05, 3.63) is 95.1 Å². The lowest BCUT2D eigenvalue weighted by atomic mass is 9.98. The summed E-state index contributed by atoms with van der Waals surface area (Å²) in [7, 11) is 0. The summed E-state index contributed by atoms with van der Waals surface area (Å²) in [6.45, 7) is 9.61. The molecule has 0 aliphatic rings. The van der Waals surface area contributed by atoms with Gasteiger partial charge in [0, 0.05) is 24.2 Å². The maximum atomic E-state index is 14.7. The number of carbonyl (C=O) groups is 3. The molecule has 2 atom stereocenters. The molecule has 2 unspecified atom stereocenters. The van der Waals surface area contributed by atoms with Crippen LogP contribution in [0.25, 0.3) is 0 Å². The van der Waals surface area contributed by atoms with E-state index in [1.807, 2.05) is 31.2 Å². The zero-order valence-electron chi connectivity index (χ0n) is 28.3. The number of aryl methyl sites for hydroxylation is 1. The van der Waals surface area contributed by atoms with Crippen LogP contribution in [-0.2, 0) is 20.7 Å². The highest BCUT2D eigenvalue weighted by atomic mass is 16.6. The second-order valence-corrected chi connectivity index (χ2v) is 12.8. The van der Waals surface area contributed by atoms with Crippen molar-refractivity contribution >= 4 is 23.6 Å². The van der Waals surface area contributed by atoms with Crippen LogP contribution in [0.2, 0.25) is 0 Å². The van der Waals surface area contributed by atoms with Crippen LogP contribution >= 0.6 is 0 Å². The maximum absolute atomic E-state index is 14.7. The molecule has 3 amide bonds. The van der Waals surface area contributed by atoms with Gasteiger partial charge in [-0.05, 0) is 81.1 Å². The van der Waals surface area contributed by atoms with Gasteiger partial charge < -0.3 is 25.4 Å². The standard InChI is InChI=1S/C39H49N3O5/c1-7-9-10-11-12-15-26-42(37(45)34(41-38(46)47-39(4,5)6)27-30-20-24-32(43)25-21-30)35(31-22-18-29(8-2)19-23-31)36(44)40-33-17-14-13-16-28(33)3/h2,13-14,16-25,34-35,43H,7,9-12,15,26-27H2,1,3-6H3,(H,40,44)(H,41,46). The number of hydrogen-bond acceptors (Lipinski definition) is 5. The SMILES string of the molecule is C#Cc1ccc(C(C(=O)Nc2ccccc2C)N(CCCCCCCC)C(=O)C(Cc2ccc(O)cc2)NC(=O)OC(C)(C)C)cc1. The van der Waals surface area contributed by atoms with E-state index in [0.717, 1.165) is 43.2 Å². The molecule has 8 nitrogen and oxygen atoms in total. The third-order valence-electron chi connectivity index (χ3n) is 7.76. The monoisotopic (exact) mass is 639 g/mol. The molecule has 3 N–H and O–H groups in total. The molecule has 0 aliphatic carbocycles. The molecule has 3 rings (SSSR count). The van der Waals surface area contributed by atoms with E-state index in [1.54, 1.807) is 62.1 Å². The molecular weight excluding hydrogens is 590 g/mol.